The number of nitrogens with zero attached hydrogens (tertiary/aromatic N) is 3. The van der Waals surface area contributed by atoms with Gasteiger partial charge in [-0.1, -0.05) is 42.1 Å². The molecule has 1 aliphatic rings. The lowest BCUT2D eigenvalue weighted by Gasteiger charge is -2.24. The molecule has 0 unspecified atom stereocenters. The summed E-state index contributed by atoms with van der Waals surface area (Å²) in [4.78, 5) is 15.8. The standard InChI is InChI=1S/C17H14N4O3S/c1-25-17-19-16-18-11(15(23)24)8-12(21(16)20-17)14-10-5-3-2-4-9(10)6-7-13(14)22/h2-8,12,22H,1H3,(H,23,24)(H,18,19,20)/t12-/m1/s1. The summed E-state index contributed by atoms with van der Waals surface area (Å²) in [6, 6.07) is 10.5. The number of fused-ring (bicyclic) bond motifs is 2. The Bertz CT molecular complexity index is 1030. The lowest BCUT2D eigenvalue weighted by Crippen LogP contribution is -2.24. The van der Waals surface area contributed by atoms with E-state index in [0.717, 1.165) is 10.8 Å². The maximum atomic E-state index is 11.5. The average molecular weight is 354 g/mol. The van der Waals surface area contributed by atoms with Gasteiger partial charge in [-0.15, -0.1) is 5.10 Å². The second kappa shape index (κ2) is 5.82. The Hall–Kier alpha value is -3.00. The average Bonchev–Trinajstić information content (AvgIpc) is 3.04. The van der Waals surface area contributed by atoms with E-state index in [2.05, 4.69) is 15.4 Å². The van der Waals surface area contributed by atoms with Crippen molar-refractivity contribution in [2.24, 2.45) is 0 Å². The molecule has 0 radical (unpaired) electrons. The number of carboxylic acid groups (broad SMARTS) is 1. The summed E-state index contributed by atoms with van der Waals surface area (Å²) in [5, 5.41) is 29.4. The van der Waals surface area contributed by atoms with Crippen LogP contribution in [-0.4, -0.2) is 37.2 Å². The molecule has 1 aliphatic heterocycles. The SMILES string of the molecule is CSc1nc2n(n1)[C@@H](c1c(O)ccc3ccccc13)C=C(C(=O)O)N2. The molecule has 0 spiro atoms. The number of benzene rings is 2. The number of rotatable bonds is 3. The van der Waals surface area contributed by atoms with Crippen molar-refractivity contribution in [2.45, 2.75) is 11.2 Å². The van der Waals surface area contributed by atoms with Crippen molar-refractivity contribution >= 4 is 34.5 Å². The molecule has 8 heteroatoms. The Labute approximate surface area is 147 Å². The molecule has 2 aromatic carbocycles. The zero-order valence-corrected chi connectivity index (χ0v) is 14.0. The van der Waals surface area contributed by atoms with E-state index >= 15 is 0 Å². The van der Waals surface area contributed by atoms with Gasteiger partial charge in [0.25, 0.3) is 0 Å². The number of phenols is 1. The number of hydrogen-bond donors (Lipinski definition) is 3. The highest BCUT2D eigenvalue weighted by atomic mass is 32.2. The number of aliphatic carboxylic acids is 1. The van der Waals surface area contributed by atoms with E-state index in [-0.39, 0.29) is 11.4 Å². The topological polar surface area (TPSA) is 100 Å². The first-order valence-electron chi connectivity index (χ1n) is 7.52. The molecule has 4 rings (SSSR count). The van der Waals surface area contributed by atoms with Crippen LogP contribution in [0.25, 0.3) is 10.8 Å². The van der Waals surface area contributed by atoms with Crippen LogP contribution in [0.4, 0.5) is 5.95 Å². The highest BCUT2D eigenvalue weighted by Gasteiger charge is 2.29. The molecule has 3 aromatic rings. The van der Waals surface area contributed by atoms with Gasteiger partial charge in [-0.3, -0.25) is 0 Å². The summed E-state index contributed by atoms with van der Waals surface area (Å²) in [5.41, 5.74) is 0.599. The maximum absolute atomic E-state index is 11.5. The minimum absolute atomic E-state index is 0.00453. The maximum Gasteiger partial charge on any atom is 0.352 e. The van der Waals surface area contributed by atoms with Crippen LogP contribution in [0.2, 0.25) is 0 Å². The number of phenolic OH excluding ortho intramolecular Hbond substituents is 1. The number of hydrogen-bond acceptors (Lipinski definition) is 6. The highest BCUT2D eigenvalue weighted by Crippen LogP contribution is 2.38. The van der Waals surface area contributed by atoms with E-state index in [1.165, 1.54) is 17.8 Å². The fourth-order valence-electron chi connectivity index (χ4n) is 2.99. The minimum atomic E-state index is -1.09. The van der Waals surface area contributed by atoms with Crippen LogP contribution in [0.1, 0.15) is 11.6 Å². The van der Waals surface area contributed by atoms with E-state index in [0.29, 0.717) is 16.7 Å². The van der Waals surface area contributed by atoms with Gasteiger partial charge >= 0.3 is 5.97 Å². The zero-order valence-electron chi connectivity index (χ0n) is 13.2. The Morgan fingerprint density at radius 2 is 2.08 bits per heavy atom. The van der Waals surface area contributed by atoms with Crippen LogP contribution in [0.15, 0.2) is 53.3 Å². The molecule has 0 saturated carbocycles. The molecular formula is C17H14N4O3S. The molecule has 1 atom stereocenters. The van der Waals surface area contributed by atoms with Gasteiger partial charge in [0.15, 0.2) is 0 Å². The number of carbonyl (C=O) groups is 1. The van der Waals surface area contributed by atoms with Gasteiger partial charge in [-0.05, 0) is 29.2 Å². The predicted molar refractivity (Wildman–Crippen MR) is 94.9 cm³/mol. The molecule has 0 fully saturated rings. The summed E-state index contributed by atoms with van der Waals surface area (Å²) in [6.07, 6.45) is 3.38. The number of aromatic hydroxyl groups is 1. The fourth-order valence-corrected chi connectivity index (χ4v) is 3.33. The Morgan fingerprint density at radius 1 is 1.28 bits per heavy atom. The first-order valence-corrected chi connectivity index (χ1v) is 8.74. The van der Waals surface area contributed by atoms with Gasteiger partial charge in [-0.25, -0.2) is 9.48 Å². The van der Waals surface area contributed by atoms with Gasteiger partial charge in [0.2, 0.25) is 11.1 Å². The van der Waals surface area contributed by atoms with Crippen molar-refractivity contribution < 1.29 is 15.0 Å². The molecule has 0 saturated heterocycles. The van der Waals surface area contributed by atoms with Gasteiger partial charge in [0.05, 0.1) is 0 Å². The minimum Gasteiger partial charge on any atom is -0.508 e. The third kappa shape index (κ3) is 2.51. The van der Waals surface area contributed by atoms with E-state index < -0.39 is 12.0 Å². The van der Waals surface area contributed by atoms with Crippen LogP contribution >= 0.6 is 11.8 Å². The molecule has 0 bridgehead atoms. The summed E-state index contributed by atoms with van der Waals surface area (Å²) < 4.78 is 1.60. The number of allylic oxidation sites excluding steroid dienone is 1. The lowest BCUT2D eigenvalue weighted by molar-refractivity contribution is -0.132. The van der Waals surface area contributed by atoms with E-state index in [1.807, 2.05) is 36.6 Å². The summed E-state index contributed by atoms with van der Waals surface area (Å²) in [6.45, 7) is 0. The van der Waals surface area contributed by atoms with Crippen LogP contribution in [0.5, 0.6) is 5.75 Å². The molecule has 3 N–H and O–H groups in total. The van der Waals surface area contributed by atoms with E-state index in [4.69, 9.17) is 0 Å². The number of thioether (sulfide) groups is 1. The second-order valence-electron chi connectivity index (χ2n) is 5.54. The normalized spacial score (nSPS) is 16.2. The number of carboxylic acids is 1. The van der Waals surface area contributed by atoms with Gasteiger partial charge in [0, 0.05) is 5.56 Å². The first kappa shape index (κ1) is 15.5. The van der Waals surface area contributed by atoms with Crippen molar-refractivity contribution in [3.05, 3.63) is 53.7 Å². The first-order chi connectivity index (χ1) is 12.1. The van der Waals surface area contributed by atoms with Crippen molar-refractivity contribution in [3.63, 3.8) is 0 Å². The number of anilines is 1. The molecular weight excluding hydrogens is 340 g/mol. The number of aromatic nitrogens is 3. The van der Waals surface area contributed by atoms with Gasteiger partial charge < -0.3 is 15.5 Å². The molecule has 1 aromatic heterocycles. The van der Waals surface area contributed by atoms with Gasteiger partial charge in [0.1, 0.15) is 17.5 Å². The molecule has 0 aliphatic carbocycles. The predicted octanol–water partition coefficient (Wildman–Crippen LogP) is 2.84. The molecule has 126 valence electrons. The summed E-state index contributed by atoms with van der Waals surface area (Å²) >= 11 is 1.36. The smallest absolute Gasteiger partial charge is 0.352 e. The summed E-state index contributed by atoms with van der Waals surface area (Å²) in [5.74, 6) is -0.676. The second-order valence-corrected chi connectivity index (χ2v) is 6.31. The lowest BCUT2D eigenvalue weighted by atomic mass is 9.96. The third-order valence-corrected chi connectivity index (χ3v) is 4.64. The highest BCUT2D eigenvalue weighted by molar-refractivity contribution is 7.98. The van der Waals surface area contributed by atoms with Crippen molar-refractivity contribution in [1.29, 1.82) is 0 Å². The van der Waals surface area contributed by atoms with Crippen LogP contribution < -0.4 is 5.32 Å². The third-order valence-electron chi connectivity index (χ3n) is 4.10. The summed E-state index contributed by atoms with van der Waals surface area (Å²) in [7, 11) is 0. The largest absolute Gasteiger partial charge is 0.508 e. The molecule has 7 nitrogen and oxygen atoms in total. The quantitative estimate of drug-likeness (QED) is 0.622. The monoisotopic (exact) mass is 354 g/mol. The van der Waals surface area contributed by atoms with Crippen LogP contribution in [-0.2, 0) is 4.79 Å². The van der Waals surface area contributed by atoms with Crippen LogP contribution in [0, 0.1) is 0 Å². The fraction of sp³-hybridized carbons (Fsp3) is 0.118. The van der Waals surface area contributed by atoms with Crippen molar-refractivity contribution in [3.8, 4) is 5.75 Å². The van der Waals surface area contributed by atoms with Crippen LogP contribution in [0.3, 0.4) is 0 Å². The zero-order chi connectivity index (χ0) is 17.6. The Morgan fingerprint density at radius 3 is 2.84 bits per heavy atom. The van der Waals surface area contributed by atoms with Gasteiger partial charge in [-0.2, -0.15) is 4.98 Å². The van der Waals surface area contributed by atoms with E-state index in [9.17, 15) is 15.0 Å². The molecule has 25 heavy (non-hydrogen) atoms. The van der Waals surface area contributed by atoms with Crippen molar-refractivity contribution in [1.82, 2.24) is 14.8 Å². The van der Waals surface area contributed by atoms with E-state index in [1.54, 1.807) is 10.7 Å². The molecule has 2 heterocycles. The number of nitrogens with one attached hydrogen (secondary N) is 1. The Kier molecular flexibility index (Phi) is 3.61. The molecule has 0 amide bonds. The van der Waals surface area contributed by atoms with Crippen molar-refractivity contribution in [2.75, 3.05) is 11.6 Å². The Balaban J connectivity index is 1.99.